The largest absolute Gasteiger partial charge is 0.354 e. The van der Waals surface area contributed by atoms with Crippen LogP contribution in [0.1, 0.15) is 36.6 Å². The fraction of sp³-hybridized carbons (Fsp3) is 0.667. The Morgan fingerprint density at radius 3 is 3.16 bits per heavy atom. The highest BCUT2D eigenvalue weighted by Gasteiger charge is 2.26. The van der Waals surface area contributed by atoms with Gasteiger partial charge in [-0.3, -0.25) is 9.69 Å². The number of amides is 1. The number of hydrogen-bond donors (Lipinski definition) is 1. The summed E-state index contributed by atoms with van der Waals surface area (Å²) in [5.74, 6) is 0.573. The van der Waals surface area contributed by atoms with Gasteiger partial charge in [-0.25, -0.2) is 0 Å². The van der Waals surface area contributed by atoms with Crippen molar-refractivity contribution in [2.45, 2.75) is 45.2 Å². The van der Waals surface area contributed by atoms with Gasteiger partial charge in [0.05, 0.1) is 0 Å². The first kappa shape index (κ1) is 13.1. The second kappa shape index (κ2) is 5.63. The molecule has 2 aliphatic rings. The van der Waals surface area contributed by atoms with Crippen molar-refractivity contribution in [2.24, 2.45) is 5.92 Å². The van der Waals surface area contributed by atoms with Gasteiger partial charge in [0.25, 0.3) is 0 Å². The third-order valence-electron chi connectivity index (χ3n) is 4.51. The van der Waals surface area contributed by atoms with Crippen LogP contribution in [0.4, 0.5) is 0 Å². The fourth-order valence-corrected chi connectivity index (χ4v) is 3.73. The van der Waals surface area contributed by atoms with E-state index in [0.717, 1.165) is 38.9 Å². The highest BCUT2D eigenvalue weighted by atomic mass is 32.1. The minimum absolute atomic E-state index is 0.270. The third kappa shape index (κ3) is 2.84. The van der Waals surface area contributed by atoms with E-state index in [4.69, 9.17) is 0 Å². The Morgan fingerprint density at radius 2 is 2.42 bits per heavy atom. The maximum Gasteiger partial charge on any atom is 0.223 e. The van der Waals surface area contributed by atoms with E-state index in [1.807, 2.05) is 11.3 Å². The topological polar surface area (TPSA) is 32.3 Å². The number of fused-ring (bicyclic) bond motifs is 1. The number of nitrogens with one attached hydrogen (secondary N) is 1. The van der Waals surface area contributed by atoms with E-state index in [1.165, 1.54) is 12.0 Å². The summed E-state index contributed by atoms with van der Waals surface area (Å²) in [6.07, 6.45) is 4.55. The quantitative estimate of drug-likeness (QED) is 0.917. The molecule has 2 heterocycles. The first-order valence-electron chi connectivity index (χ1n) is 7.31. The molecule has 19 heavy (non-hydrogen) atoms. The Kier molecular flexibility index (Phi) is 3.89. The molecule has 1 amide bonds. The third-order valence-corrected chi connectivity index (χ3v) is 5.53. The normalized spacial score (nSPS) is 21.5. The van der Waals surface area contributed by atoms with Gasteiger partial charge in [0, 0.05) is 36.5 Å². The number of carbonyl (C=O) groups is 1. The average Bonchev–Trinajstić information content (AvgIpc) is 2.80. The van der Waals surface area contributed by atoms with Crippen molar-refractivity contribution in [3.8, 4) is 0 Å². The van der Waals surface area contributed by atoms with Crippen molar-refractivity contribution in [2.75, 3.05) is 13.1 Å². The van der Waals surface area contributed by atoms with E-state index in [2.05, 4.69) is 28.6 Å². The van der Waals surface area contributed by atoms with Crippen molar-refractivity contribution >= 4 is 17.2 Å². The van der Waals surface area contributed by atoms with Gasteiger partial charge in [0.15, 0.2) is 0 Å². The summed E-state index contributed by atoms with van der Waals surface area (Å²) >= 11 is 1.88. The summed E-state index contributed by atoms with van der Waals surface area (Å²) in [6, 6.07) is 2.67. The van der Waals surface area contributed by atoms with Crippen molar-refractivity contribution in [3.05, 3.63) is 21.9 Å². The van der Waals surface area contributed by atoms with Crippen molar-refractivity contribution in [3.63, 3.8) is 0 Å². The van der Waals surface area contributed by atoms with E-state index in [9.17, 15) is 4.79 Å². The Bertz CT molecular complexity index is 453. The van der Waals surface area contributed by atoms with Gasteiger partial charge in [0.2, 0.25) is 5.91 Å². The van der Waals surface area contributed by atoms with Crippen molar-refractivity contribution < 1.29 is 4.79 Å². The van der Waals surface area contributed by atoms with E-state index in [1.54, 1.807) is 4.88 Å². The zero-order valence-corrected chi connectivity index (χ0v) is 12.3. The maximum atomic E-state index is 11.8. The molecule has 1 aliphatic heterocycles. The standard InChI is InChI=1S/C15H22N2OS/c1-11(9-16-15(18)12-3-2-4-12)17-7-5-14-13(10-17)6-8-19-14/h6,8,11-12H,2-5,7,9-10H2,1H3,(H,16,18). The Morgan fingerprint density at radius 1 is 1.58 bits per heavy atom. The highest BCUT2D eigenvalue weighted by molar-refractivity contribution is 7.10. The molecular weight excluding hydrogens is 256 g/mol. The summed E-state index contributed by atoms with van der Waals surface area (Å²) in [5.41, 5.74) is 1.48. The van der Waals surface area contributed by atoms with Crippen LogP contribution in [0.5, 0.6) is 0 Å². The summed E-state index contributed by atoms with van der Waals surface area (Å²) in [5, 5.41) is 5.31. The molecule has 1 aromatic heterocycles. The van der Waals surface area contributed by atoms with Gasteiger partial charge in [-0.05, 0) is 43.2 Å². The number of hydrogen-bond acceptors (Lipinski definition) is 3. The predicted molar refractivity (Wildman–Crippen MR) is 78.2 cm³/mol. The van der Waals surface area contributed by atoms with E-state index in [0.29, 0.717) is 12.0 Å². The monoisotopic (exact) mass is 278 g/mol. The Hall–Kier alpha value is -0.870. The van der Waals surface area contributed by atoms with Crippen LogP contribution in [0.15, 0.2) is 11.4 Å². The van der Waals surface area contributed by atoms with Crippen LogP contribution in [0.3, 0.4) is 0 Å². The molecule has 0 saturated heterocycles. The van der Waals surface area contributed by atoms with Crippen LogP contribution in [0, 0.1) is 5.92 Å². The van der Waals surface area contributed by atoms with Gasteiger partial charge in [-0.1, -0.05) is 6.42 Å². The lowest BCUT2D eigenvalue weighted by atomic mass is 9.85. The number of thiophene rings is 1. The number of carbonyl (C=O) groups excluding carboxylic acids is 1. The Balaban J connectivity index is 1.48. The molecule has 4 heteroatoms. The molecule has 0 aromatic carbocycles. The lowest BCUT2D eigenvalue weighted by molar-refractivity contribution is -0.127. The molecule has 0 spiro atoms. The molecule has 1 N–H and O–H groups in total. The number of nitrogens with zero attached hydrogens (tertiary/aromatic N) is 1. The minimum Gasteiger partial charge on any atom is -0.354 e. The smallest absolute Gasteiger partial charge is 0.223 e. The van der Waals surface area contributed by atoms with Crippen LogP contribution in [-0.2, 0) is 17.8 Å². The molecule has 1 aromatic rings. The molecule has 1 saturated carbocycles. The van der Waals surface area contributed by atoms with E-state index < -0.39 is 0 Å². The average molecular weight is 278 g/mol. The molecule has 3 nitrogen and oxygen atoms in total. The van der Waals surface area contributed by atoms with Gasteiger partial charge >= 0.3 is 0 Å². The van der Waals surface area contributed by atoms with Crippen LogP contribution >= 0.6 is 11.3 Å². The predicted octanol–water partition coefficient (Wildman–Crippen LogP) is 2.41. The summed E-state index contributed by atoms with van der Waals surface area (Å²) in [7, 11) is 0. The minimum atomic E-state index is 0.270. The molecule has 0 radical (unpaired) electrons. The van der Waals surface area contributed by atoms with Gasteiger partial charge in [-0.2, -0.15) is 0 Å². The molecular formula is C15H22N2OS. The van der Waals surface area contributed by atoms with Crippen molar-refractivity contribution in [1.82, 2.24) is 10.2 Å². The molecule has 0 bridgehead atoms. The summed E-state index contributed by atoms with van der Waals surface area (Å²) in [6.45, 7) is 5.17. The van der Waals surface area contributed by atoms with E-state index in [-0.39, 0.29) is 5.91 Å². The second-order valence-electron chi connectivity index (χ2n) is 5.81. The first-order valence-corrected chi connectivity index (χ1v) is 8.19. The Labute approximate surface area is 119 Å². The zero-order valence-electron chi connectivity index (χ0n) is 11.5. The lowest BCUT2D eigenvalue weighted by Crippen LogP contribution is -2.46. The van der Waals surface area contributed by atoms with Gasteiger partial charge < -0.3 is 5.32 Å². The van der Waals surface area contributed by atoms with Crippen LogP contribution < -0.4 is 5.32 Å². The molecule has 1 aliphatic carbocycles. The van der Waals surface area contributed by atoms with Crippen molar-refractivity contribution in [1.29, 1.82) is 0 Å². The lowest BCUT2D eigenvalue weighted by Gasteiger charge is -2.33. The molecule has 3 rings (SSSR count). The fourth-order valence-electron chi connectivity index (χ4n) is 2.84. The maximum absolute atomic E-state index is 11.8. The van der Waals surface area contributed by atoms with Crippen LogP contribution in [0.2, 0.25) is 0 Å². The van der Waals surface area contributed by atoms with Gasteiger partial charge in [0.1, 0.15) is 0 Å². The van der Waals surface area contributed by atoms with Crippen LogP contribution in [-0.4, -0.2) is 29.9 Å². The van der Waals surface area contributed by atoms with Crippen LogP contribution in [0.25, 0.3) is 0 Å². The second-order valence-corrected chi connectivity index (χ2v) is 6.81. The SMILES string of the molecule is CC(CNC(=O)C1CCC1)N1CCc2sccc2C1. The molecule has 1 fully saturated rings. The first-order chi connectivity index (χ1) is 9.24. The molecule has 1 atom stereocenters. The number of rotatable bonds is 4. The van der Waals surface area contributed by atoms with Gasteiger partial charge in [-0.15, -0.1) is 11.3 Å². The summed E-state index contributed by atoms with van der Waals surface area (Å²) in [4.78, 5) is 15.9. The summed E-state index contributed by atoms with van der Waals surface area (Å²) < 4.78 is 0. The molecule has 1 unspecified atom stereocenters. The zero-order chi connectivity index (χ0) is 13.2. The highest BCUT2D eigenvalue weighted by Crippen LogP contribution is 2.27. The van der Waals surface area contributed by atoms with E-state index >= 15 is 0 Å². The molecule has 104 valence electrons.